The SMILES string of the molecule is CCC(CO)NC(=O)Cc1nnnn1CCc1ccccc1. The van der Waals surface area contributed by atoms with E-state index in [0.717, 1.165) is 6.42 Å². The Labute approximate surface area is 129 Å². The van der Waals surface area contributed by atoms with E-state index < -0.39 is 0 Å². The van der Waals surface area contributed by atoms with Gasteiger partial charge >= 0.3 is 0 Å². The minimum Gasteiger partial charge on any atom is -0.394 e. The zero-order chi connectivity index (χ0) is 15.8. The second-order valence-electron chi connectivity index (χ2n) is 5.09. The van der Waals surface area contributed by atoms with E-state index in [1.54, 1.807) is 4.68 Å². The van der Waals surface area contributed by atoms with Crippen LogP contribution in [0.4, 0.5) is 0 Å². The summed E-state index contributed by atoms with van der Waals surface area (Å²) >= 11 is 0. The summed E-state index contributed by atoms with van der Waals surface area (Å²) in [4.78, 5) is 11.9. The fourth-order valence-corrected chi connectivity index (χ4v) is 2.10. The molecule has 1 amide bonds. The van der Waals surface area contributed by atoms with E-state index in [1.165, 1.54) is 5.56 Å². The zero-order valence-corrected chi connectivity index (χ0v) is 12.6. The van der Waals surface area contributed by atoms with E-state index >= 15 is 0 Å². The fourth-order valence-electron chi connectivity index (χ4n) is 2.10. The molecule has 0 fully saturated rings. The highest BCUT2D eigenvalue weighted by Crippen LogP contribution is 2.03. The molecule has 0 radical (unpaired) electrons. The van der Waals surface area contributed by atoms with Crippen LogP contribution in [-0.2, 0) is 24.2 Å². The van der Waals surface area contributed by atoms with E-state index in [4.69, 9.17) is 5.11 Å². The molecule has 7 heteroatoms. The third-order valence-corrected chi connectivity index (χ3v) is 3.46. The number of aliphatic hydroxyl groups is 1. The molecule has 0 spiro atoms. The largest absolute Gasteiger partial charge is 0.394 e. The van der Waals surface area contributed by atoms with Gasteiger partial charge in [-0.05, 0) is 28.8 Å². The Kier molecular flexibility index (Phi) is 6.02. The lowest BCUT2D eigenvalue weighted by molar-refractivity contribution is -0.121. The van der Waals surface area contributed by atoms with Gasteiger partial charge in [0.25, 0.3) is 0 Å². The number of tetrazole rings is 1. The van der Waals surface area contributed by atoms with Gasteiger partial charge in [0.15, 0.2) is 5.82 Å². The standard InChI is InChI=1S/C15H21N5O2/c1-2-13(11-21)16-15(22)10-14-17-18-19-20(14)9-8-12-6-4-3-5-7-12/h3-7,13,21H,2,8-11H2,1H3,(H,16,22). The smallest absolute Gasteiger partial charge is 0.228 e. The number of hydrogen-bond donors (Lipinski definition) is 2. The number of aliphatic hydroxyl groups excluding tert-OH is 1. The summed E-state index contributed by atoms with van der Waals surface area (Å²) in [6.07, 6.45) is 1.59. The maximum Gasteiger partial charge on any atom is 0.228 e. The number of nitrogens with one attached hydrogen (secondary N) is 1. The molecule has 0 aliphatic heterocycles. The van der Waals surface area contributed by atoms with Crippen molar-refractivity contribution in [2.75, 3.05) is 6.61 Å². The molecule has 7 nitrogen and oxygen atoms in total. The molecule has 2 N–H and O–H groups in total. The number of hydrogen-bond acceptors (Lipinski definition) is 5. The number of carbonyl (C=O) groups is 1. The Morgan fingerprint density at radius 2 is 2.14 bits per heavy atom. The van der Waals surface area contributed by atoms with Crippen molar-refractivity contribution in [3.63, 3.8) is 0 Å². The lowest BCUT2D eigenvalue weighted by Gasteiger charge is -2.13. The van der Waals surface area contributed by atoms with Gasteiger partial charge in [-0.2, -0.15) is 0 Å². The first-order valence-electron chi connectivity index (χ1n) is 7.42. The predicted octanol–water partition coefficient (Wildman–Crippen LogP) is 0.345. The first-order valence-corrected chi connectivity index (χ1v) is 7.42. The molecule has 0 saturated carbocycles. The van der Waals surface area contributed by atoms with Crippen LogP contribution in [0.3, 0.4) is 0 Å². The molecule has 0 bridgehead atoms. The summed E-state index contributed by atoms with van der Waals surface area (Å²) < 4.78 is 1.65. The second kappa shape index (κ2) is 8.23. The predicted molar refractivity (Wildman–Crippen MR) is 81.0 cm³/mol. The molecule has 0 aliphatic carbocycles. The number of nitrogens with zero attached hydrogens (tertiary/aromatic N) is 4. The number of amides is 1. The highest BCUT2D eigenvalue weighted by atomic mass is 16.3. The molecule has 1 heterocycles. The number of carbonyl (C=O) groups excluding carboxylic acids is 1. The minimum absolute atomic E-state index is 0.0683. The third kappa shape index (κ3) is 4.63. The van der Waals surface area contributed by atoms with Gasteiger partial charge in [0.1, 0.15) is 0 Å². The van der Waals surface area contributed by atoms with Crippen molar-refractivity contribution in [1.82, 2.24) is 25.5 Å². The molecular formula is C15H21N5O2. The molecular weight excluding hydrogens is 282 g/mol. The van der Waals surface area contributed by atoms with Gasteiger partial charge in [-0.25, -0.2) is 4.68 Å². The maximum absolute atomic E-state index is 11.9. The van der Waals surface area contributed by atoms with E-state index in [0.29, 0.717) is 18.8 Å². The van der Waals surface area contributed by atoms with E-state index in [-0.39, 0.29) is 25.0 Å². The van der Waals surface area contributed by atoms with Crippen molar-refractivity contribution in [2.24, 2.45) is 0 Å². The van der Waals surface area contributed by atoms with Gasteiger partial charge in [0, 0.05) is 6.54 Å². The average molecular weight is 303 g/mol. The monoisotopic (exact) mass is 303 g/mol. The highest BCUT2D eigenvalue weighted by Gasteiger charge is 2.14. The lowest BCUT2D eigenvalue weighted by atomic mass is 10.1. The van der Waals surface area contributed by atoms with Crippen LogP contribution in [0.15, 0.2) is 30.3 Å². The Bertz CT molecular complexity index is 581. The molecule has 1 aromatic heterocycles. The van der Waals surface area contributed by atoms with E-state index in [2.05, 4.69) is 20.8 Å². The zero-order valence-electron chi connectivity index (χ0n) is 12.6. The van der Waals surface area contributed by atoms with Gasteiger partial charge < -0.3 is 10.4 Å². The topological polar surface area (TPSA) is 92.9 Å². The highest BCUT2D eigenvalue weighted by molar-refractivity contribution is 5.78. The second-order valence-corrected chi connectivity index (χ2v) is 5.09. The molecule has 0 aliphatic rings. The summed E-state index contributed by atoms with van der Waals surface area (Å²) in [7, 11) is 0. The molecule has 22 heavy (non-hydrogen) atoms. The molecule has 118 valence electrons. The van der Waals surface area contributed by atoms with Crippen molar-refractivity contribution in [3.05, 3.63) is 41.7 Å². The average Bonchev–Trinajstić information content (AvgIpc) is 2.98. The van der Waals surface area contributed by atoms with Gasteiger partial charge in [-0.3, -0.25) is 4.79 Å². The van der Waals surface area contributed by atoms with Crippen molar-refractivity contribution in [2.45, 2.75) is 38.8 Å². The van der Waals surface area contributed by atoms with Crippen molar-refractivity contribution in [1.29, 1.82) is 0 Å². The summed E-state index contributed by atoms with van der Waals surface area (Å²) in [6, 6.07) is 9.82. The minimum atomic E-state index is -0.221. The fraction of sp³-hybridized carbons (Fsp3) is 0.467. The molecule has 1 atom stereocenters. The number of aryl methyl sites for hydroxylation is 2. The summed E-state index contributed by atoms with van der Waals surface area (Å²) in [6.45, 7) is 2.46. The van der Waals surface area contributed by atoms with Crippen LogP contribution in [0, 0.1) is 0 Å². The number of aromatic nitrogens is 4. The third-order valence-electron chi connectivity index (χ3n) is 3.46. The molecule has 2 rings (SSSR count). The molecule has 2 aromatic rings. The number of rotatable bonds is 8. The van der Waals surface area contributed by atoms with Gasteiger partial charge in [-0.15, -0.1) is 5.10 Å². The molecule has 1 unspecified atom stereocenters. The van der Waals surface area contributed by atoms with Crippen LogP contribution in [0.25, 0.3) is 0 Å². The first kappa shape index (κ1) is 16.1. The first-order chi connectivity index (χ1) is 10.7. The molecule has 0 saturated heterocycles. The van der Waals surface area contributed by atoms with Crippen LogP contribution >= 0.6 is 0 Å². The lowest BCUT2D eigenvalue weighted by Crippen LogP contribution is -2.38. The Morgan fingerprint density at radius 3 is 2.82 bits per heavy atom. The molecule has 1 aromatic carbocycles. The summed E-state index contributed by atoms with van der Waals surface area (Å²) in [5.41, 5.74) is 1.19. The van der Waals surface area contributed by atoms with Crippen molar-refractivity contribution in [3.8, 4) is 0 Å². The van der Waals surface area contributed by atoms with Crippen LogP contribution in [0.1, 0.15) is 24.7 Å². The van der Waals surface area contributed by atoms with E-state index in [9.17, 15) is 4.79 Å². The Balaban J connectivity index is 1.90. The maximum atomic E-state index is 11.9. The number of benzene rings is 1. The Morgan fingerprint density at radius 1 is 1.36 bits per heavy atom. The van der Waals surface area contributed by atoms with Crippen LogP contribution in [0.5, 0.6) is 0 Å². The Hall–Kier alpha value is -2.28. The van der Waals surface area contributed by atoms with Gasteiger partial charge in [0.05, 0.1) is 19.1 Å². The van der Waals surface area contributed by atoms with Crippen LogP contribution < -0.4 is 5.32 Å². The van der Waals surface area contributed by atoms with Gasteiger partial charge in [-0.1, -0.05) is 37.3 Å². The van der Waals surface area contributed by atoms with Crippen molar-refractivity contribution >= 4 is 5.91 Å². The van der Waals surface area contributed by atoms with E-state index in [1.807, 2.05) is 37.3 Å². The van der Waals surface area contributed by atoms with Crippen LogP contribution in [0.2, 0.25) is 0 Å². The summed E-state index contributed by atoms with van der Waals surface area (Å²) in [5.74, 6) is 0.345. The normalized spacial score (nSPS) is 12.1. The van der Waals surface area contributed by atoms with Crippen molar-refractivity contribution < 1.29 is 9.90 Å². The summed E-state index contributed by atoms with van der Waals surface area (Å²) in [5, 5.41) is 23.3. The van der Waals surface area contributed by atoms with Gasteiger partial charge in [0.2, 0.25) is 5.91 Å². The van der Waals surface area contributed by atoms with Crippen LogP contribution in [-0.4, -0.2) is 43.9 Å². The quantitative estimate of drug-likeness (QED) is 0.734.